The van der Waals surface area contributed by atoms with Crippen LogP contribution in [0.4, 0.5) is 0 Å². The van der Waals surface area contributed by atoms with Crippen LogP contribution in [0.15, 0.2) is 41.2 Å². The molecule has 0 aliphatic carbocycles. The van der Waals surface area contributed by atoms with Gasteiger partial charge >= 0.3 is 0 Å². The van der Waals surface area contributed by atoms with Crippen molar-refractivity contribution in [2.75, 3.05) is 19.6 Å². The average Bonchev–Trinajstić information content (AvgIpc) is 2.53. The van der Waals surface area contributed by atoms with E-state index >= 15 is 0 Å². The molecule has 3 aromatic rings. The van der Waals surface area contributed by atoms with Crippen LogP contribution in [-0.4, -0.2) is 30.5 Å². The van der Waals surface area contributed by atoms with Crippen LogP contribution < -0.4 is 10.7 Å². The maximum atomic E-state index is 12.7. The Labute approximate surface area is 139 Å². The van der Waals surface area contributed by atoms with Crippen LogP contribution in [0.1, 0.15) is 15.9 Å². The maximum Gasteiger partial charge on any atom is 0.253 e. The van der Waals surface area contributed by atoms with Gasteiger partial charge in [-0.2, -0.15) is 0 Å². The minimum Gasteiger partial charge on any atom is -0.353 e. The Morgan fingerprint density at radius 2 is 1.71 bits per heavy atom. The van der Waals surface area contributed by atoms with Crippen LogP contribution >= 0.6 is 7.14 Å². The first-order valence-electron chi connectivity index (χ1n) is 7.64. The third kappa shape index (κ3) is 3.00. The Morgan fingerprint density at radius 3 is 2.38 bits per heavy atom. The highest BCUT2D eigenvalue weighted by atomic mass is 31.2. The summed E-state index contributed by atoms with van der Waals surface area (Å²) in [5, 5.41) is 3.76. The van der Waals surface area contributed by atoms with Gasteiger partial charge in [0, 0.05) is 10.8 Å². The third-order valence-electron chi connectivity index (χ3n) is 3.94. The van der Waals surface area contributed by atoms with Gasteiger partial charge in [0.05, 0.1) is 22.9 Å². The molecule has 3 rings (SSSR count). The van der Waals surface area contributed by atoms with Crippen molar-refractivity contribution < 1.29 is 9.36 Å². The molecule has 0 bridgehead atoms. The summed E-state index contributed by atoms with van der Waals surface area (Å²) in [6, 6.07) is 10.6. The summed E-state index contributed by atoms with van der Waals surface area (Å²) < 4.78 is 11.8. The van der Waals surface area contributed by atoms with E-state index in [1.165, 1.54) is 0 Å². The quantitative estimate of drug-likeness (QED) is 0.566. The molecule has 24 heavy (non-hydrogen) atoms. The number of aromatic amines is 1. The van der Waals surface area contributed by atoms with E-state index in [1.54, 1.807) is 37.6 Å². The summed E-state index contributed by atoms with van der Waals surface area (Å²) in [5.41, 5.74) is 2.45. The predicted octanol–water partition coefficient (Wildman–Crippen LogP) is 3.30. The number of pyridine rings is 1. The summed E-state index contributed by atoms with van der Waals surface area (Å²) >= 11 is 0. The Morgan fingerprint density at radius 1 is 1.08 bits per heavy atom. The molecule has 124 valence electrons. The number of carbonyl (C=O) groups excluding carboxylic acids is 1. The second kappa shape index (κ2) is 5.91. The molecule has 2 aromatic carbocycles. The van der Waals surface area contributed by atoms with Crippen LogP contribution in [0.3, 0.4) is 0 Å². The molecule has 2 N–H and O–H groups in total. The predicted molar refractivity (Wildman–Crippen MR) is 98.6 cm³/mol. The number of aryl methyl sites for hydroxylation is 1. The molecule has 1 heterocycles. The second-order valence-corrected chi connectivity index (χ2v) is 9.88. The Kier molecular flexibility index (Phi) is 4.06. The van der Waals surface area contributed by atoms with E-state index in [0.29, 0.717) is 21.9 Å². The number of para-hydroxylation sites is 2. The van der Waals surface area contributed by atoms with Gasteiger partial charge in [-0.3, -0.25) is 9.59 Å². The molecular weight excluding hydrogens is 323 g/mol. The highest BCUT2D eigenvalue weighted by Gasteiger charge is 2.16. The van der Waals surface area contributed by atoms with Crippen molar-refractivity contribution >= 4 is 34.9 Å². The van der Waals surface area contributed by atoms with Crippen LogP contribution in [-0.2, 0) is 4.57 Å². The average molecular weight is 342 g/mol. The van der Waals surface area contributed by atoms with E-state index in [-0.39, 0.29) is 17.6 Å². The zero-order valence-corrected chi connectivity index (χ0v) is 14.7. The van der Waals surface area contributed by atoms with Crippen molar-refractivity contribution in [1.29, 1.82) is 0 Å². The van der Waals surface area contributed by atoms with E-state index < -0.39 is 7.14 Å². The summed E-state index contributed by atoms with van der Waals surface area (Å²) in [6.45, 7) is 5.15. The number of fused-ring (bicyclic) bond motifs is 2. The number of amides is 1. The molecule has 0 atom stereocenters. The number of carbonyl (C=O) groups is 1. The molecule has 0 aliphatic heterocycles. The molecule has 1 amide bonds. The van der Waals surface area contributed by atoms with Gasteiger partial charge in [-0.05, 0) is 44.0 Å². The fourth-order valence-corrected chi connectivity index (χ4v) is 3.24. The van der Waals surface area contributed by atoms with Gasteiger partial charge in [-0.1, -0.05) is 18.2 Å². The number of aromatic nitrogens is 1. The van der Waals surface area contributed by atoms with Gasteiger partial charge in [0.15, 0.2) is 5.43 Å². The van der Waals surface area contributed by atoms with Crippen molar-refractivity contribution in [2.45, 2.75) is 6.92 Å². The van der Waals surface area contributed by atoms with E-state index in [9.17, 15) is 14.2 Å². The first-order chi connectivity index (χ1) is 11.3. The number of rotatable bonds is 3. The molecule has 1 aromatic heterocycles. The Hall–Kier alpha value is -2.39. The van der Waals surface area contributed by atoms with Gasteiger partial charge in [0.25, 0.3) is 5.91 Å². The highest BCUT2D eigenvalue weighted by Crippen LogP contribution is 2.33. The lowest BCUT2D eigenvalue weighted by molar-refractivity contribution is 0.0961. The van der Waals surface area contributed by atoms with E-state index in [0.717, 1.165) is 11.1 Å². The summed E-state index contributed by atoms with van der Waals surface area (Å²) in [4.78, 5) is 28.5. The second-order valence-electron chi connectivity index (χ2n) is 6.42. The van der Waals surface area contributed by atoms with Crippen LogP contribution in [0.2, 0.25) is 0 Å². The first kappa shape index (κ1) is 16.5. The molecule has 5 nitrogen and oxygen atoms in total. The molecule has 0 spiro atoms. The zero-order valence-electron chi connectivity index (χ0n) is 13.8. The lowest BCUT2D eigenvalue weighted by Crippen LogP contribution is -2.25. The number of hydrogen-bond acceptors (Lipinski definition) is 3. The molecule has 0 saturated carbocycles. The highest BCUT2D eigenvalue weighted by molar-refractivity contribution is 7.62. The fourth-order valence-electron chi connectivity index (χ4n) is 2.72. The molecule has 0 radical (unpaired) electrons. The van der Waals surface area contributed by atoms with Crippen molar-refractivity contribution in [3.63, 3.8) is 0 Å². The van der Waals surface area contributed by atoms with Gasteiger partial charge < -0.3 is 14.9 Å². The maximum absolute atomic E-state index is 12.7. The van der Waals surface area contributed by atoms with E-state index in [1.807, 2.05) is 19.1 Å². The number of H-pyrrole nitrogens is 1. The first-order valence-corrected chi connectivity index (χ1v) is 10.4. The van der Waals surface area contributed by atoms with Gasteiger partial charge in [0.2, 0.25) is 0 Å². The summed E-state index contributed by atoms with van der Waals surface area (Å²) in [7, 11) is -2.36. The van der Waals surface area contributed by atoms with Crippen molar-refractivity contribution in [3.8, 4) is 0 Å². The molecule has 0 unspecified atom stereocenters. The SMILES string of the molecule is Cc1cccc2c(=O)c3cccc(C(=O)NCP(C)(C)=O)c3[nH]c12. The van der Waals surface area contributed by atoms with Crippen molar-refractivity contribution in [3.05, 3.63) is 57.7 Å². The number of hydrogen-bond donors (Lipinski definition) is 2. The lowest BCUT2D eigenvalue weighted by Gasteiger charge is -2.11. The van der Waals surface area contributed by atoms with Gasteiger partial charge in [0.1, 0.15) is 7.14 Å². The lowest BCUT2D eigenvalue weighted by atomic mass is 10.0. The standard InChI is InChI=1S/C18H19N2O3P/c1-11-6-4-7-12-15(11)20-16-13(17(12)21)8-5-9-14(16)18(22)19-10-24(2,3)23/h4-9H,10H2,1-3H3,(H,19,22)(H,20,21). The number of benzene rings is 2. The summed E-state index contributed by atoms with van der Waals surface area (Å²) in [5.74, 6) is -0.340. The summed E-state index contributed by atoms with van der Waals surface area (Å²) in [6.07, 6.45) is 0.124. The van der Waals surface area contributed by atoms with Crippen molar-refractivity contribution in [2.24, 2.45) is 0 Å². The Bertz CT molecular complexity index is 1060. The largest absolute Gasteiger partial charge is 0.353 e. The normalized spacial score (nSPS) is 11.8. The molecule has 0 aliphatic rings. The van der Waals surface area contributed by atoms with E-state index in [2.05, 4.69) is 10.3 Å². The van der Waals surface area contributed by atoms with Crippen LogP contribution in [0, 0.1) is 6.92 Å². The Balaban J connectivity index is 2.21. The topological polar surface area (TPSA) is 79.0 Å². The number of nitrogens with one attached hydrogen (secondary N) is 2. The fraction of sp³-hybridized carbons (Fsp3) is 0.222. The van der Waals surface area contributed by atoms with Gasteiger partial charge in [-0.15, -0.1) is 0 Å². The minimum absolute atomic E-state index is 0.103. The third-order valence-corrected chi connectivity index (χ3v) is 4.86. The monoisotopic (exact) mass is 342 g/mol. The van der Waals surface area contributed by atoms with Crippen LogP contribution in [0.25, 0.3) is 21.8 Å². The smallest absolute Gasteiger partial charge is 0.253 e. The van der Waals surface area contributed by atoms with Crippen LogP contribution in [0.5, 0.6) is 0 Å². The molecule has 6 heteroatoms. The zero-order chi connectivity index (χ0) is 17.5. The van der Waals surface area contributed by atoms with Gasteiger partial charge in [-0.25, -0.2) is 0 Å². The van der Waals surface area contributed by atoms with E-state index in [4.69, 9.17) is 0 Å². The molecule has 0 fully saturated rings. The molecular formula is C18H19N2O3P. The minimum atomic E-state index is -2.36. The van der Waals surface area contributed by atoms with Crippen molar-refractivity contribution in [1.82, 2.24) is 10.3 Å². The molecule has 0 saturated heterocycles.